The minimum absolute atomic E-state index is 0.507. The fourth-order valence-corrected chi connectivity index (χ4v) is 0.0627. The van der Waals surface area contributed by atoms with Crippen molar-refractivity contribution in [2.45, 2.75) is 0 Å². The Morgan fingerprint density at radius 1 is 1.00 bits per heavy atom. The minimum atomic E-state index is -0.507. The molecule has 0 rings (SSSR count). The van der Waals surface area contributed by atoms with Gasteiger partial charge in [0, 0.05) is 0 Å². The van der Waals surface area contributed by atoms with Crippen molar-refractivity contribution in [2.75, 3.05) is 6.79 Å². The van der Waals surface area contributed by atoms with Crippen LogP contribution in [-0.2, 0) is 19.9 Å². The summed E-state index contributed by atoms with van der Waals surface area (Å²) in [7, 11) is 0. The van der Waals surface area contributed by atoms with Crippen LogP contribution in [-0.4, -0.2) is 17.3 Å². The molecule has 0 spiro atoms. The Kier molecular flexibility index (Phi) is 5.56. The third kappa shape index (κ3) is 5.76. The minimum Gasteiger partial charge on any atom is -0.221 e. The van der Waals surface area contributed by atoms with Crippen molar-refractivity contribution in [3.8, 4) is 0 Å². The number of hydrogen-bond donors (Lipinski definition) is 2. The standard InChI is InChI=1S/CH4O6/c2-6-4-1-5-7-3/h2-3H,1H2. The van der Waals surface area contributed by atoms with E-state index in [0.29, 0.717) is 0 Å². The molecular formula is CH4O6. The van der Waals surface area contributed by atoms with Crippen molar-refractivity contribution >= 4 is 0 Å². The van der Waals surface area contributed by atoms with Crippen molar-refractivity contribution in [1.29, 1.82) is 0 Å². The van der Waals surface area contributed by atoms with Gasteiger partial charge in [-0.25, -0.2) is 10.5 Å². The molecule has 0 heterocycles. The summed E-state index contributed by atoms with van der Waals surface area (Å²) in [6.07, 6.45) is 0. The summed E-state index contributed by atoms with van der Waals surface area (Å²) in [6, 6.07) is 0. The fourth-order valence-electron chi connectivity index (χ4n) is 0.0627. The molecule has 0 unspecified atom stereocenters. The van der Waals surface area contributed by atoms with Gasteiger partial charge in [0.25, 0.3) is 0 Å². The molecular weight excluding hydrogens is 108 g/mol. The molecule has 0 aliphatic carbocycles. The van der Waals surface area contributed by atoms with E-state index in [1.54, 1.807) is 0 Å². The molecule has 0 aromatic heterocycles. The molecule has 2 N–H and O–H groups in total. The molecule has 0 amide bonds. The van der Waals surface area contributed by atoms with E-state index in [1.807, 2.05) is 0 Å². The van der Waals surface area contributed by atoms with Crippen LogP contribution in [0.2, 0.25) is 0 Å². The monoisotopic (exact) mass is 112 g/mol. The van der Waals surface area contributed by atoms with Gasteiger partial charge in [0.05, 0.1) is 0 Å². The van der Waals surface area contributed by atoms with Gasteiger partial charge in [0.2, 0.25) is 6.79 Å². The summed E-state index contributed by atoms with van der Waals surface area (Å²) in [5, 5.41) is 20.8. The quantitative estimate of drug-likeness (QED) is 0.226. The maximum atomic E-state index is 7.35. The van der Waals surface area contributed by atoms with Crippen LogP contribution in [0.5, 0.6) is 0 Å². The Balaban J connectivity index is 2.45. The van der Waals surface area contributed by atoms with E-state index in [0.717, 1.165) is 0 Å². The van der Waals surface area contributed by atoms with Gasteiger partial charge in [0.15, 0.2) is 0 Å². The van der Waals surface area contributed by atoms with Gasteiger partial charge in [-0.3, -0.25) is 0 Å². The average Bonchev–Trinajstić information content (AvgIpc) is 1.69. The molecule has 0 atom stereocenters. The SMILES string of the molecule is OOOCOOO. The van der Waals surface area contributed by atoms with Crippen LogP contribution in [0.3, 0.4) is 0 Å². The fraction of sp³-hybridized carbons (Fsp3) is 1.00. The Hall–Kier alpha value is -0.240. The largest absolute Gasteiger partial charge is 0.221 e. The Morgan fingerprint density at radius 2 is 1.43 bits per heavy atom. The van der Waals surface area contributed by atoms with E-state index in [9.17, 15) is 0 Å². The van der Waals surface area contributed by atoms with Crippen molar-refractivity contribution in [1.82, 2.24) is 0 Å². The van der Waals surface area contributed by atoms with Gasteiger partial charge in [-0.15, -0.1) is 0 Å². The van der Waals surface area contributed by atoms with Crippen molar-refractivity contribution in [3.63, 3.8) is 0 Å². The smallest absolute Gasteiger partial charge is 0.220 e. The lowest BCUT2D eigenvalue weighted by Gasteiger charge is -1.91. The molecule has 6 heteroatoms. The third-order valence-corrected chi connectivity index (χ3v) is 0.202. The van der Waals surface area contributed by atoms with Crippen LogP contribution in [0.1, 0.15) is 0 Å². The Bertz CT molecular complexity index is 23.4. The summed E-state index contributed by atoms with van der Waals surface area (Å²) < 4.78 is 0. The van der Waals surface area contributed by atoms with Crippen molar-refractivity contribution < 1.29 is 30.4 Å². The maximum absolute atomic E-state index is 7.35. The first kappa shape index (κ1) is 6.76. The summed E-state index contributed by atoms with van der Waals surface area (Å²) in [4.78, 5) is 7.24. The molecule has 0 aromatic rings. The predicted molar refractivity (Wildman–Crippen MR) is 14.5 cm³/mol. The van der Waals surface area contributed by atoms with E-state index < -0.39 is 6.79 Å². The lowest BCUT2D eigenvalue weighted by atomic mass is 11.5. The highest BCUT2D eigenvalue weighted by molar-refractivity contribution is 3.68. The lowest BCUT2D eigenvalue weighted by molar-refractivity contribution is -0.574. The molecule has 6 nitrogen and oxygen atoms in total. The molecule has 7 heavy (non-hydrogen) atoms. The molecule has 0 bridgehead atoms. The molecule has 0 radical (unpaired) electrons. The summed E-state index contributed by atoms with van der Waals surface area (Å²) in [5.41, 5.74) is 0. The first-order valence-electron chi connectivity index (χ1n) is 1.28. The normalized spacial score (nSPS) is 9.43. The lowest BCUT2D eigenvalue weighted by Crippen LogP contribution is -1.97. The van der Waals surface area contributed by atoms with Gasteiger partial charge in [0.1, 0.15) is 0 Å². The van der Waals surface area contributed by atoms with Crippen molar-refractivity contribution in [2.24, 2.45) is 0 Å². The van der Waals surface area contributed by atoms with Gasteiger partial charge in [-0.1, -0.05) is 10.1 Å². The van der Waals surface area contributed by atoms with Crippen LogP contribution in [0.25, 0.3) is 0 Å². The Labute approximate surface area is 38.5 Å². The number of rotatable bonds is 4. The summed E-state index contributed by atoms with van der Waals surface area (Å²) >= 11 is 0. The van der Waals surface area contributed by atoms with Gasteiger partial charge in [-0.2, -0.15) is 9.78 Å². The highest BCUT2D eigenvalue weighted by Gasteiger charge is 1.81. The zero-order valence-corrected chi connectivity index (χ0v) is 3.23. The van der Waals surface area contributed by atoms with Gasteiger partial charge in [-0.05, 0) is 0 Å². The summed E-state index contributed by atoms with van der Waals surface area (Å²) in [5.74, 6) is 0. The highest BCUT2D eigenvalue weighted by Crippen LogP contribution is 1.73. The molecule has 0 aromatic carbocycles. The van der Waals surface area contributed by atoms with E-state index in [4.69, 9.17) is 10.5 Å². The highest BCUT2D eigenvalue weighted by atomic mass is 17.5. The van der Waals surface area contributed by atoms with Crippen LogP contribution >= 0.6 is 0 Å². The van der Waals surface area contributed by atoms with Crippen LogP contribution in [0.15, 0.2) is 0 Å². The second-order valence-electron chi connectivity index (χ2n) is 0.503. The second kappa shape index (κ2) is 5.76. The van der Waals surface area contributed by atoms with E-state index in [2.05, 4.69) is 19.9 Å². The molecule has 0 saturated heterocycles. The Morgan fingerprint density at radius 3 is 1.71 bits per heavy atom. The second-order valence-corrected chi connectivity index (χ2v) is 0.503. The molecule has 0 saturated carbocycles. The van der Waals surface area contributed by atoms with Gasteiger partial charge < -0.3 is 0 Å². The summed E-state index contributed by atoms with van der Waals surface area (Å²) in [6.45, 7) is -0.507. The average molecular weight is 112 g/mol. The van der Waals surface area contributed by atoms with E-state index >= 15 is 0 Å². The van der Waals surface area contributed by atoms with Crippen LogP contribution < -0.4 is 0 Å². The molecule has 0 fully saturated rings. The predicted octanol–water partition coefficient (Wildman–Crippen LogP) is -0.214. The maximum Gasteiger partial charge on any atom is 0.220 e. The molecule has 0 aliphatic heterocycles. The zero-order chi connectivity index (χ0) is 5.54. The van der Waals surface area contributed by atoms with Crippen molar-refractivity contribution in [3.05, 3.63) is 0 Å². The molecule has 0 aliphatic rings. The van der Waals surface area contributed by atoms with Crippen LogP contribution in [0, 0.1) is 0 Å². The third-order valence-electron chi connectivity index (χ3n) is 0.202. The van der Waals surface area contributed by atoms with E-state index in [1.165, 1.54) is 0 Å². The van der Waals surface area contributed by atoms with E-state index in [-0.39, 0.29) is 0 Å². The van der Waals surface area contributed by atoms with Crippen LogP contribution in [0.4, 0.5) is 0 Å². The topological polar surface area (TPSA) is 77.4 Å². The number of hydrogen-bond acceptors (Lipinski definition) is 6. The zero-order valence-electron chi connectivity index (χ0n) is 3.23. The molecule has 44 valence electrons. The van der Waals surface area contributed by atoms with Gasteiger partial charge >= 0.3 is 0 Å². The first-order valence-corrected chi connectivity index (χ1v) is 1.28. The first-order chi connectivity index (χ1) is 3.41.